The third kappa shape index (κ3) is 4.93. The molecule has 39 heavy (non-hydrogen) atoms. The predicted octanol–water partition coefficient (Wildman–Crippen LogP) is 3.58. The molecule has 0 aliphatic rings. The number of aromatic amines is 1. The van der Waals surface area contributed by atoms with E-state index in [4.69, 9.17) is 0 Å². The van der Waals surface area contributed by atoms with E-state index in [1.54, 1.807) is 42.5 Å². The van der Waals surface area contributed by atoms with Gasteiger partial charge in [0.25, 0.3) is 11.2 Å². The highest BCUT2D eigenvalue weighted by molar-refractivity contribution is 9.10. The maximum Gasteiger partial charge on any atom is 0.333 e. The largest absolute Gasteiger partial charge is 0.333 e. The number of benzene rings is 3. The van der Waals surface area contributed by atoms with E-state index < -0.39 is 37.5 Å². The number of nitro benzene ring substituents is 1. The summed E-state index contributed by atoms with van der Waals surface area (Å²) in [4.78, 5) is 54.0. The summed E-state index contributed by atoms with van der Waals surface area (Å²) in [6, 6.07) is 17.1. The molecule has 0 saturated heterocycles. The highest BCUT2D eigenvalue weighted by Gasteiger charge is 2.29. The number of hydrogen-bond acceptors (Lipinski definition) is 7. The van der Waals surface area contributed by atoms with Crippen molar-refractivity contribution in [3.63, 3.8) is 0 Å². The quantitative estimate of drug-likeness (QED) is 0.168. The topological polar surface area (TPSA) is 154 Å². The summed E-state index contributed by atoms with van der Waals surface area (Å²) in [7, 11) is -3.81. The van der Waals surface area contributed by atoms with E-state index in [-0.39, 0.29) is 29.0 Å². The Kier molecular flexibility index (Phi) is 6.56. The van der Waals surface area contributed by atoms with Gasteiger partial charge in [0.05, 0.1) is 27.0 Å². The molecule has 0 unspecified atom stereocenters. The summed E-state index contributed by atoms with van der Waals surface area (Å²) in [5.41, 5.74) is -0.795. The van der Waals surface area contributed by atoms with Crippen molar-refractivity contribution >= 4 is 59.0 Å². The summed E-state index contributed by atoms with van der Waals surface area (Å²) in [6.07, 6.45) is 0.906. The van der Waals surface area contributed by atoms with Gasteiger partial charge in [0.2, 0.25) is 0 Å². The van der Waals surface area contributed by atoms with Gasteiger partial charge in [-0.15, -0.1) is 0 Å². The number of aromatic nitrogens is 3. The molecule has 2 aromatic heterocycles. The number of nitrogens with one attached hydrogen (secondary N) is 1. The number of hydrogen-bond donors (Lipinski definition) is 1. The molecule has 0 radical (unpaired) electrons. The van der Waals surface area contributed by atoms with Crippen LogP contribution in [0.5, 0.6) is 0 Å². The monoisotopic (exact) mass is 610 g/mol. The number of fused-ring (bicyclic) bond motifs is 2. The zero-order chi connectivity index (χ0) is 28.1. The number of carbonyl (C=O) groups excluding carboxylic acids is 1. The van der Waals surface area contributed by atoms with Crippen molar-refractivity contribution in [2.75, 3.05) is 12.0 Å². The number of sulfone groups is 1. The Morgan fingerprint density at radius 1 is 1.03 bits per heavy atom. The molecule has 5 aromatic rings. The van der Waals surface area contributed by atoms with Crippen LogP contribution in [0, 0.1) is 10.1 Å². The van der Waals surface area contributed by atoms with Crippen LogP contribution in [-0.4, -0.2) is 45.3 Å². The lowest BCUT2D eigenvalue weighted by Gasteiger charge is -2.13. The molecule has 11 nitrogen and oxygen atoms in total. The molecule has 2 heterocycles. The number of carbonyl (C=O) groups is 1. The van der Waals surface area contributed by atoms with E-state index in [0.717, 1.165) is 10.8 Å². The lowest BCUT2D eigenvalue weighted by Crippen LogP contribution is -2.35. The average molecular weight is 611 g/mol. The maximum atomic E-state index is 13.6. The molecule has 0 bridgehead atoms. The molecule has 1 N–H and O–H groups in total. The molecule has 3 aromatic carbocycles. The molecule has 0 fully saturated rings. The molecule has 5 rings (SSSR count). The van der Waals surface area contributed by atoms with Gasteiger partial charge in [-0.1, -0.05) is 40.2 Å². The number of nitrogens with zero attached hydrogens (tertiary/aromatic N) is 3. The second-order valence-corrected chi connectivity index (χ2v) is 12.0. The summed E-state index contributed by atoms with van der Waals surface area (Å²) in [5, 5.41) is 11.9. The van der Waals surface area contributed by atoms with Crippen molar-refractivity contribution in [1.82, 2.24) is 14.1 Å². The molecular weight excluding hydrogens is 592 g/mol. The highest BCUT2D eigenvalue weighted by atomic mass is 79.9. The Morgan fingerprint density at radius 3 is 2.49 bits per heavy atom. The van der Waals surface area contributed by atoms with Gasteiger partial charge < -0.3 is 9.55 Å². The van der Waals surface area contributed by atoms with Crippen molar-refractivity contribution in [1.29, 1.82) is 0 Å². The van der Waals surface area contributed by atoms with Gasteiger partial charge in [0.1, 0.15) is 11.4 Å². The first-order valence-corrected chi connectivity index (χ1v) is 14.3. The van der Waals surface area contributed by atoms with Crippen molar-refractivity contribution in [2.24, 2.45) is 0 Å². The van der Waals surface area contributed by atoms with Crippen LogP contribution in [0.1, 0.15) is 16.1 Å². The number of ketones is 1. The van der Waals surface area contributed by atoms with Gasteiger partial charge in [-0.2, -0.15) is 0 Å². The molecule has 0 spiro atoms. The van der Waals surface area contributed by atoms with Crippen LogP contribution in [0.15, 0.2) is 80.8 Å². The minimum Gasteiger partial charge on any atom is -0.332 e. The standard InChI is InChI=1S/C26H19BrN4O7S/c1-39(37,38)14-22(32)24-23(30-25(33)18-7-2-3-8-20(18)28-26(30)34)19-12-16(27)9-10-21(19)29(24)13-15-5-4-6-17(11-15)31(35)36/h2-12H,13-14H2,1H3,(H,28,34). The number of halogens is 1. The third-order valence-electron chi connectivity index (χ3n) is 6.15. The van der Waals surface area contributed by atoms with Gasteiger partial charge >= 0.3 is 5.69 Å². The Labute approximate surface area is 228 Å². The van der Waals surface area contributed by atoms with Crippen LogP contribution >= 0.6 is 15.9 Å². The smallest absolute Gasteiger partial charge is 0.332 e. The molecule has 0 aliphatic carbocycles. The van der Waals surface area contributed by atoms with Crippen LogP contribution in [0.2, 0.25) is 0 Å². The van der Waals surface area contributed by atoms with Crippen molar-refractivity contribution < 1.29 is 18.1 Å². The second-order valence-electron chi connectivity index (χ2n) is 8.98. The predicted molar refractivity (Wildman–Crippen MR) is 150 cm³/mol. The second kappa shape index (κ2) is 9.75. The normalized spacial score (nSPS) is 11.7. The Hall–Kier alpha value is -4.36. The molecule has 0 saturated carbocycles. The van der Waals surface area contributed by atoms with Gasteiger partial charge in [-0.05, 0) is 35.9 Å². The molecule has 0 aliphatic heterocycles. The van der Waals surface area contributed by atoms with E-state index in [0.29, 0.717) is 26.5 Å². The molecule has 0 atom stereocenters. The summed E-state index contributed by atoms with van der Waals surface area (Å²) >= 11 is 3.39. The van der Waals surface area contributed by atoms with Crippen LogP contribution in [0.4, 0.5) is 5.69 Å². The maximum absolute atomic E-state index is 13.6. The molecule has 13 heteroatoms. The lowest BCUT2D eigenvalue weighted by molar-refractivity contribution is -0.384. The summed E-state index contributed by atoms with van der Waals surface area (Å²) < 4.78 is 27.2. The number of nitro groups is 1. The number of rotatable bonds is 7. The van der Waals surface area contributed by atoms with Crippen molar-refractivity contribution in [3.05, 3.63) is 113 Å². The van der Waals surface area contributed by atoms with Gasteiger partial charge in [0, 0.05) is 34.8 Å². The SMILES string of the molecule is CS(=O)(=O)CC(=O)c1c(-n2c(=O)[nH]c3ccccc3c2=O)c2cc(Br)ccc2n1Cc1cccc([N+](=O)[O-])c1. The first-order chi connectivity index (χ1) is 18.4. The first kappa shape index (κ1) is 26.3. The summed E-state index contributed by atoms with van der Waals surface area (Å²) in [6.45, 7) is -0.0785. The van der Waals surface area contributed by atoms with Crippen molar-refractivity contribution in [2.45, 2.75) is 6.54 Å². The number of H-pyrrole nitrogens is 1. The van der Waals surface area contributed by atoms with E-state index in [1.807, 2.05) is 0 Å². The number of para-hydroxylation sites is 1. The number of Topliss-reactive ketones (excluding diaryl/α,β-unsaturated/α-hetero) is 1. The fourth-order valence-electron chi connectivity index (χ4n) is 4.61. The zero-order valence-electron chi connectivity index (χ0n) is 20.3. The van der Waals surface area contributed by atoms with E-state index in [2.05, 4.69) is 20.9 Å². The fourth-order valence-corrected chi connectivity index (χ4v) is 5.58. The van der Waals surface area contributed by atoms with Gasteiger partial charge in [-0.25, -0.2) is 17.8 Å². The van der Waals surface area contributed by atoms with E-state index in [9.17, 15) is 32.9 Å². The Bertz CT molecular complexity index is 2060. The van der Waals surface area contributed by atoms with Crippen LogP contribution in [0.3, 0.4) is 0 Å². The first-order valence-electron chi connectivity index (χ1n) is 11.4. The fraction of sp³-hybridized carbons (Fsp3) is 0.115. The number of non-ortho nitro benzene ring substituents is 1. The molecule has 198 valence electrons. The van der Waals surface area contributed by atoms with Crippen LogP contribution in [0.25, 0.3) is 27.5 Å². The Balaban J connectivity index is 1.91. The van der Waals surface area contributed by atoms with E-state index >= 15 is 0 Å². The van der Waals surface area contributed by atoms with Gasteiger partial charge in [-0.3, -0.25) is 19.7 Å². The minimum atomic E-state index is -3.81. The third-order valence-corrected chi connectivity index (χ3v) is 7.43. The lowest BCUT2D eigenvalue weighted by atomic mass is 10.1. The van der Waals surface area contributed by atoms with Gasteiger partial charge in [0.15, 0.2) is 15.6 Å². The molecular formula is C26H19BrN4O7S. The highest BCUT2D eigenvalue weighted by Crippen LogP contribution is 2.33. The minimum absolute atomic E-state index is 0.0785. The molecule has 0 amide bonds. The Morgan fingerprint density at radius 2 is 1.77 bits per heavy atom. The van der Waals surface area contributed by atoms with Crippen molar-refractivity contribution in [3.8, 4) is 5.69 Å². The average Bonchev–Trinajstić information content (AvgIpc) is 3.16. The van der Waals surface area contributed by atoms with Crippen LogP contribution < -0.4 is 11.2 Å². The zero-order valence-corrected chi connectivity index (χ0v) is 22.7. The van der Waals surface area contributed by atoms with Crippen LogP contribution in [-0.2, 0) is 16.4 Å². The van der Waals surface area contributed by atoms with E-state index in [1.165, 1.54) is 28.8 Å². The summed E-state index contributed by atoms with van der Waals surface area (Å²) in [5.74, 6) is -1.73.